The first-order chi connectivity index (χ1) is 11.2. The third kappa shape index (κ3) is 4.02. The second-order valence-electron chi connectivity index (χ2n) is 5.85. The molecule has 0 unspecified atom stereocenters. The van der Waals surface area contributed by atoms with Crippen molar-refractivity contribution in [2.75, 3.05) is 24.8 Å². The number of aromatic nitrogens is 3. The van der Waals surface area contributed by atoms with Crippen LogP contribution in [0, 0.1) is 0 Å². The summed E-state index contributed by atoms with van der Waals surface area (Å²) in [5.74, 6) is 0.449. The largest absolute Gasteiger partial charge is 0.381 e. The molecule has 124 valence electrons. The summed E-state index contributed by atoms with van der Waals surface area (Å²) in [5.41, 5.74) is 2.13. The molecular weight excluding hydrogens is 328 g/mol. The van der Waals surface area contributed by atoms with Crippen LogP contribution in [0.1, 0.15) is 38.3 Å². The Labute approximate surface area is 145 Å². The highest BCUT2D eigenvalue weighted by Gasteiger charge is 2.25. The van der Waals surface area contributed by atoms with Crippen LogP contribution >= 0.6 is 23.1 Å². The van der Waals surface area contributed by atoms with Gasteiger partial charge in [0, 0.05) is 31.4 Å². The van der Waals surface area contributed by atoms with Crippen LogP contribution < -0.4 is 5.32 Å². The molecule has 0 spiro atoms. The third-order valence-corrected chi connectivity index (χ3v) is 5.31. The fourth-order valence-corrected chi connectivity index (χ4v) is 4.16. The maximum Gasteiger partial charge on any atom is 0.187 e. The molecule has 1 saturated heterocycles. The van der Waals surface area contributed by atoms with Crippen LogP contribution in [-0.4, -0.2) is 40.5 Å². The van der Waals surface area contributed by atoms with E-state index in [0.717, 1.165) is 52.6 Å². The Balaban J connectivity index is 1.99. The van der Waals surface area contributed by atoms with Crippen LogP contribution in [0.15, 0.2) is 17.4 Å². The van der Waals surface area contributed by atoms with Gasteiger partial charge in [-0.05, 0) is 39.0 Å². The van der Waals surface area contributed by atoms with E-state index in [1.54, 1.807) is 23.1 Å². The zero-order valence-electron chi connectivity index (χ0n) is 13.7. The van der Waals surface area contributed by atoms with Gasteiger partial charge in [0.05, 0.1) is 16.3 Å². The van der Waals surface area contributed by atoms with Gasteiger partial charge in [0.25, 0.3) is 0 Å². The molecule has 0 amide bonds. The third-order valence-electron chi connectivity index (χ3n) is 3.72. The Hall–Kier alpha value is -1.18. The second-order valence-corrected chi connectivity index (χ2v) is 7.62. The number of ether oxygens (including phenoxy) is 1. The number of nitrogens with zero attached hydrogens (tertiary/aromatic N) is 3. The first-order valence-electron chi connectivity index (χ1n) is 7.89. The highest BCUT2D eigenvalue weighted by molar-refractivity contribution is 7.98. The monoisotopic (exact) mass is 350 g/mol. The van der Waals surface area contributed by atoms with E-state index in [2.05, 4.69) is 29.1 Å². The summed E-state index contributed by atoms with van der Waals surface area (Å²) in [7, 11) is 0. The Bertz CT molecular complexity index is 653. The molecule has 0 aromatic carbocycles. The fraction of sp³-hybridized carbons (Fsp3) is 0.562. The summed E-state index contributed by atoms with van der Waals surface area (Å²) in [6.45, 7) is 5.89. The SMILES string of the molecule is CSc1nccc(-c2sc(NC(C)C)nc2C2CCOCC2)n1. The second kappa shape index (κ2) is 7.59. The van der Waals surface area contributed by atoms with Gasteiger partial charge in [-0.3, -0.25) is 0 Å². The molecule has 0 atom stereocenters. The predicted molar refractivity (Wildman–Crippen MR) is 96.5 cm³/mol. The van der Waals surface area contributed by atoms with Crippen molar-refractivity contribution in [2.45, 2.75) is 43.8 Å². The zero-order valence-corrected chi connectivity index (χ0v) is 15.3. The maximum atomic E-state index is 5.51. The van der Waals surface area contributed by atoms with E-state index in [1.165, 1.54) is 0 Å². The van der Waals surface area contributed by atoms with Gasteiger partial charge in [0.15, 0.2) is 10.3 Å². The summed E-state index contributed by atoms with van der Waals surface area (Å²) in [5, 5.41) is 5.20. The predicted octanol–water partition coefficient (Wildman–Crippen LogP) is 4.04. The van der Waals surface area contributed by atoms with E-state index in [9.17, 15) is 0 Å². The molecule has 1 N–H and O–H groups in total. The molecule has 3 heterocycles. The number of rotatable bonds is 5. The molecule has 1 aliphatic rings. The molecule has 2 aromatic heterocycles. The van der Waals surface area contributed by atoms with E-state index in [0.29, 0.717) is 12.0 Å². The summed E-state index contributed by atoms with van der Waals surface area (Å²) >= 11 is 3.25. The molecule has 3 rings (SSSR count). The van der Waals surface area contributed by atoms with Crippen molar-refractivity contribution < 1.29 is 4.74 Å². The van der Waals surface area contributed by atoms with Gasteiger partial charge in [0.1, 0.15) is 0 Å². The van der Waals surface area contributed by atoms with Crippen LogP contribution in [0.5, 0.6) is 0 Å². The zero-order chi connectivity index (χ0) is 16.2. The van der Waals surface area contributed by atoms with Crippen LogP contribution in [0.25, 0.3) is 10.6 Å². The molecule has 23 heavy (non-hydrogen) atoms. The van der Waals surface area contributed by atoms with Gasteiger partial charge in [-0.15, -0.1) is 0 Å². The minimum atomic E-state index is 0.365. The van der Waals surface area contributed by atoms with Gasteiger partial charge < -0.3 is 10.1 Å². The van der Waals surface area contributed by atoms with Gasteiger partial charge >= 0.3 is 0 Å². The number of thioether (sulfide) groups is 1. The van der Waals surface area contributed by atoms with Gasteiger partial charge in [-0.25, -0.2) is 15.0 Å². The minimum absolute atomic E-state index is 0.365. The minimum Gasteiger partial charge on any atom is -0.381 e. The Morgan fingerprint density at radius 3 is 2.78 bits per heavy atom. The smallest absolute Gasteiger partial charge is 0.187 e. The van der Waals surface area contributed by atoms with E-state index in [4.69, 9.17) is 9.72 Å². The Kier molecular flexibility index (Phi) is 5.50. The van der Waals surface area contributed by atoms with Crippen molar-refractivity contribution in [2.24, 2.45) is 0 Å². The van der Waals surface area contributed by atoms with Crippen LogP contribution in [-0.2, 0) is 4.74 Å². The van der Waals surface area contributed by atoms with Crippen LogP contribution in [0.2, 0.25) is 0 Å². The first kappa shape index (κ1) is 16.7. The molecule has 7 heteroatoms. The molecule has 1 fully saturated rings. The first-order valence-corrected chi connectivity index (χ1v) is 9.94. The molecular formula is C16H22N4OS2. The molecule has 0 aliphatic carbocycles. The van der Waals surface area contributed by atoms with Gasteiger partial charge in [-0.1, -0.05) is 23.1 Å². The average Bonchev–Trinajstić information content (AvgIpc) is 2.99. The number of hydrogen-bond donors (Lipinski definition) is 1. The van der Waals surface area contributed by atoms with Crippen molar-refractivity contribution in [3.8, 4) is 10.6 Å². The van der Waals surface area contributed by atoms with E-state index in [1.807, 2.05) is 18.5 Å². The molecule has 1 aliphatic heterocycles. The van der Waals surface area contributed by atoms with Crippen molar-refractivity contribution in [1.82, 2.24) is 15.0 Å². The summed E-state index contributed by atoms with van der Waals surface area (Å²) in [6, 6.07) is 2.35. The molecule has 0 bridgehead atoms. The topological polar surface area (TPSA) is 59.9 Å². The van der Waals surface area contributed by atoms with Crippen LogP contribution in [0.3, 0.4) is 0 Å². The Morgan fingerprint density at radius 2 is 2.09 bits per heavy atom. The quantitative estimate of drug-likeness (QED) is 0.649. The summed E-state index contributed by atoms with van der Waals surface area (Å²) < 4.78 is 5.51. The molecule has 2 aromatic rings. The van der Waals surface area contributed by atoms with Crippen molar-refractivity contribution in [1.29, 1.82) is 0 Å². The van der Waals surface area contributed by atoms with Crippen molar-refractivity contribution in [3.05, 3.63) is 18.0 Å². The van der Waals surface area contributed by atoms with E-state index < -0.39 is 0 Å². The van der Waals surface area contributed by atoms with Crippen molar-refractivity contribution >= 4 is 28.2 Å². The Morgan fingerprint density at radius 1 is 1.30 bits per heavy atom. The van der Waals surface area contributed by atoms with E-state index in [-0.39, 0.29) is 0 Å². The van der Waals surface area contributed by atoms with E-state index >= 15 is 0 Å². The van der Waals surface area contributed by atoms with Crippen LogP contribution in [0.4, 0.5) is 5.13 Å². The lowest BCUT2D eigenvalue weighted by molar-refractivity contribution is 0.0847. The summed E-state index contributed by atoms with van der Waals surface area (Å²) in [6.07, 6.45) is 5.88. The summed E-state index contributed by atoms with van der Waals surface area (Å²) in [4.78, 5) is 15.0. The number of anilines is 1. The number of thiazole rings is 1. The normalized spacial score (nSPS) is 16.0. The molecule has 5 nitrogen and oxygen atoms in total. The lowest BCUT2D eigenvalue weighted by atomic mass is 9.95. The number of nitrogens with one attached hydrogen (secondary N) is 1. The highest BCUT2D eigenvalue weighted by Crippen LogP contribution is 2.39. The van der Waals surface area contributed by atoms with Gasteiger partial charge in [0.2, 0.25) is 0 Å². The lowest BCUT2D eigenvalue weighted by Crippen LogP contribution is -2.15. The number of hydrogen-bond acceptors (Lipinski definition) is 7. The highest BCUT2D eigenvalue weighted by atomic mass is 32.2. The molecule has 0 saturated carbocycles. The van der Waals surface area contributed by atoms with Gasteiger partial charge in [-0.2, -0.15) is 0 Å². The maximum absolute atomic E-state index is 5.51. The van der Waals surface area contributed by atoms with Crippen molar-refractivity contribution in [3.63, 3.8) is 0 Å². The average molecular weight is 351 g/mol. The fourth-order valence-electron chi connectivity index (χ4n) is 2.64. The lowest BCUT2D eigenvalue weighted by Gasteiger charge is -2.21. The molecule has 0 radical (unpaired) electrons. The standard InChI is InChI=1S/C16H22N4OS2/c1-10(2)18-16-20-13(11-5-8-21-9-6-11)14(23-16)12-4-7-17-15(19-12)22-3/h4,7,10-11H,5-6,8-9H2,1-3H3,(H,18,20).